The Kier molecular flexibility index (Phi) is 6.29. The molecule has 1 aromatic heterocycles. The maximum atomic E-state index is 13.0. The van der Waals surface area contributed by atoms with Gasteiger partial charge in [0.25, 0.3) is 0 Å². The van der Waals surface area contributed by atoms with E-state index in [0.717, 1.165) is 36.2 Å². The Bertz CT molecular complexity index is 871. The highest BCUT2D eigenvalue weighted by atomic mass is 32.2. The molecule has 0 atom stereocenters. The number of nitrogens with zero attached hydrogens (tertiary/aromatic N) is 4. The summed E-state index contributed by atoms with van der Waals surface area (Å²) >= 11 is 0. The molecule has 0 bridgehead atoms. The summed E-state index contributed by atoms with van der Waals surface area (Å²) in [5.41, 5.74) is 1.74. The van der Waals surface area contributed by atoms with Crippen molar-refractivity contribution in [3.05, 3.63) is 41.0 Å². The van der Waals surface area contributed by atoms with Gasteiger partial charge in [0.15, 0.2) is 5.82 Å². The molecule has 0 radical (unpaired) electrons. The van der Waals surface area contributed by atoms with Gasteiger partial charge in [0, 0.05) is 32.6 Å². The molecule has 1 aliphatic heterocycles. The van der Waals surface area contributed by atoms with Crippen molar-refractivity contribution in [2.24, 2.45) is 0 Å². The number of unbranched alkanes of at least 4 members (excludes halogenated alkanes) is 1. The molecule has 1 saturated heterocycles. The van der Waals surface area contributed by atoms with E-state index in [1.165, 1.54) is 0 Å². The molecule has 27 heavy (non-hydrogen) atoms. The maximum Gasteiger partial charge on any atom is 0.243 e. The summed E-state index contributed by atoms with van der Waals surface area (Å²) in [6.45, 7) is 8.68. The minimum Gasteiger partial charge on any atom is -0.338 e. The van der Waals surface area contributed by atoms with E-state index in [1.54, 1.807) is 10.4 Å². The van der Waals surface area contributed by atoms with Crippen LogP contribution in [0.5, 0.6) is 0 Å². The number of rotatable bonds is 7. The van der Waals surface area contributed by atoms with Gasteiger partial charge in [0.05, 0.1) is 11.4 Å². The van der Waals surface area contributed by atoms with Crippen molar-refractivity contribution in [1.29, 1.82) is 0 Å². The maximum absolute atomic E-state index is 13.0. The molecule has 0 amide bonds. The first-order valence-electron chi connectivity index (χ1n) is 9.51. The molecule has 1 aliphatic rings. The second-order valence-electron chi connectivity index (χ2n) is 7.16. The van der Waals surface area contributed by atoms with E-state index in [0.29, 0.717) is 43.5 Å². The van der Waals surface area contributed by atoms with Crippen molar-refractivity contribution in [2.75, 3.05) is 26.2 Å². The van der Waals surface area contributed by atoms with Gasteiger partial charge in [-0.05, 0) is 37.5 Å². The highest BCUT2D eigenvalue weighted by molar-refractivity contribution is 7.89. The van der Waals surface area contributed by atoms with Crippen LogP contribution in [0.3, 0.4) is 0 Å². The molecule has 2 heterocycles. The Morgan fingerprint density at radius 3 is 2.59 bits per heavy atom. The van der Waals surface area contributed by atoms with Crippen LogP contribution in [0.1, 0.15) is 42.6 Å². The number of hydrogen-bond donors (Lipinski definition) is 0. The summed E-state index contributed by atoms with van der Waals surface area (Å²) in [5.74, 6) is 1.36. The van der Waals surface area contributed by atoms with Gasteiger partial charge in [-0.3, -0.25) is 4.90 Å². The average Bonchev–Trinajstić information content (AvgIpc) is 3.09. The molecule has 0 saturated carbocycles. The summed E-state index contributed by atoms with van der Waals surface area (Å²) in [6.07, 6.45) is 2.98. The Morgan fingerprint density at radius 1 is 1.15 bits per heavy atom. The molecule has 3 rings (SSSR count). The Hall–Kier alpha value is -1.77. The van der Waals surface area contributed by atoms with Crippen molar-refractivity contribution in [3.63, 3.8) is 0 Å². The van der Waals surface area contributed by atoms with E-state index in [9.17, 15) is 8.42 Å². The third kappa shape index (κ3) is 4.75. The first kappa shape index (κ1) is 20.0. The van der Waals surface area contributed by atoms with Crippen LogP contribution in [0.25, 0.3) is 0 Å². The quantitative estimate of drug-likeness (QED) is 0.720. The molecule has 0 spiro atoms. The summed E-state index contributed by atoms with van der Waals surface area (Å²) in [5, 5.41) is 4.01. The predicted molar refractivity (Wildman–Crippen MR) is 103 cm³/mol. The molecule has 0 aliphatic carbocycles. The summed E-state index contributed by atoms with van der Waals surface area (Å²) in [7, 11) is -3.46. The fourth-order valence-electron chi connectivity index (χ4n) is 3.23. The number of piperazine rings is 1. The first-order valence-corrected chi connectivity index (χ1v) is 11.0. The van der Waals surface area contributed by atoms with E-state index in [1.807, 2.05) is 26.0 Å². The SMILES string of the molecule is CCCCc1noc(CN2CCN(S(=O)(=O)c3cc(C)ccc3C)CC2)n1. The predicted octanol–water partition coefficient (Wildman–Crippen LogP) is 2.54. The number of benzene rings is 1. The van der Waals surface area contributed by atoms with E-state index in [4.69, 9.17) is 4.52 Å². The smallest absolute Gasteiger partial charge is 0.243 e. The number of aromatic nitrogens is 2. The largest absolute Gasteiger partial charge is 0.338 e. The van der Waals surface area contributed by atoms with Crippen molar-refractivity contribution in [2.45, 2.75) is 51.5 Å². The van der Waals surface area contributed by atoms with Gasteiger partial charge in [-0.15, -0.1) is 0 Å². The van der Waals surface area contributed by atoms with Crippen LogP contribution in [0, 0.1) is 13.8 Å². The molecule has 1 aromatic carbocycles. The van der Waals surface area contributed by atoms with Crippen molar-refractivity contribution < 1.29 is 12.9 Å². The van der Waals surface area contributed by atoms with E-state index < -0.39 is 10.0 Å². The minimum atomic E-state index is -3.46. The van der Waals surface area contributed by atoms with Crippen LogP contribution in [-0.4, -0.2) is 53.9 Å². The summed E-state index contributed by atoms with van der Waals surface area (Å²) in [4.78, 5) is 7.00. The molecule has 7 nitrogen and oxygen atoms in total. The lowest BCUT2D eigenvalue weighted by Crippen LogP contribution is -2.48. The Morgan fingerprint density at radius 2 is 1.89 bits per heavy atom. The highest BCUT2D eigenvalue weighted by Gasteiger charge is 2.30. The molecule has 148 valence electrons. The second kappa shape index (κ2) is 8.50. The third-order valence-corrected chi connectivity index (χ3v) is 6.96. The Balaban J connectivity index is 1.60. The highest BCUT2D eigenvalue weighted by Crippen LogP contribution is 2.22. The van der Waals surface area contributed by atoms with Gasteiger partial charge < -0.3 is 4.52 Å². The van der Waals surface area contributed by atoms with Crippen LogP contribution in [0.15, 0.2) is 27.6 Å². The third-order valence-electron chi connectivity index (χ3n) is 4.92. The van der Waals surface area contributed by atoms with Crippen molar-refractivity contribution >= 4 is 10.0 Å². The van der Waals surface area contributed by atoms with Gasteiger partial charge in [0.1, 0.15) is 0 Å². The van der Waals surface area contributed by atoms with Crippen LogP contribution in [-0.2, 0) is 23.0 Å². The lowest BCUT2D eigenvalue weighted by molar-refractivity contribution is 0.163. The first-order chi connectivity index (χ1) is 12.9. The van der Waals surface area contributed by atoms with Gasteiger partial charge >= 0.3 is 0 Å². The zero-order chi connectivity index (χ0) is 19.4. The minimum absolute atomic E-state index is 0.411. The summed E-state index contributed by atoms with van der Waals surface area (Å²) in [6, 6.07) is 5.56. The molecule has 0 unspecified atom stereocenters. The van der Waals surface area contributed by atoms with Crippen LogP contribution in [0.4, 0.5) is 0 Å². The van der Waals surface area contributed by atoms with Crippen LogP contribution in [0.2, 0.25) is 0 Å². The lowest BCUT2D eigenvalue weighted by atomic mass is 10.2. The van der Waals surface area contributed by atoms with E-state index in [-0.39, 0.29) is 0 Å². The number of sulfonamides is 1. The van der Waals surface area contributed by atoms with Gasteiger partial charge in [-0.1, -0.05) is 30.6 Å². The fraction of sp³-hybridized carbons (Fsp3) is 0.579. The standard InChI is InChI=1S/C19H28N4O3S/c1-4-5-6-18-20-19(26-21-18)14-22-9-11-23(12-10-22)27(24,25)17-13-15(2)7-8-16(17)3/h7-8,13H,4-6,9-12,14H2,1-3H3. The van der Waals surface area contributed by atoms with Gasteiger partial charge in [-0.2, -0.15) is 9.29 Å². The van der Waals surface area contributed by atoms with Gasteiger partial charge in [0.2, 0.25) is 15.9 Å². The van der Waals surface area contributed by atoms with E-state index in [2.05, 4.69) is 22.0 Å². The summed E-state index contributed by atoms with van der Waals surface area (Å²) < 4.78 is 32.9. The van der Waals surface area contributed by atoms with Crippen molar-refractivity contribution in [3.8, 4) is 0 Å². The van der Waals surface area contributed by atoms with Crippen LogP contribution >= 0.6 is 0 Å². The van der Waals surface area contributed by atoms with Gasteiger partial charge in [-0.25, -0.2) is 8.42 Å². The zero-order valence-electron chi connectivity index (χ0n) is 16.3. The molecule has 8 heteroatoms. The van der Waals surface area contributed by atoms with Crippen LogP contribution < -0.4 is 0 Å². The topological polar surface area (TPSA) is 79.5 Å². The molecular formula is C19H28N4O3S. The zero-order valence-corrected chi connectivity index (χ0v) is 17.1. The molecule has 0 N–H and O–H groups in total. The normalized spacial score (nSPS) is 16.7. The number of hydrogen-bond acceptors (Lipinski definition) is 6. The number of aryl methyl sites for hydroxylation is 3. The molecule has 2 aromatic rings. The lowest BCUT2D eigenvalue weighted by Gasteiger charge is -2.33. The van der Waals surface area contributed by atoms with E-state index >= 15 is 0 Å². The van der Waals surface area contributed by atoms with Crippen molar-refractivity contribution in [1.82, 2.24) is 19.3 Å². The average molecular weight is 393 g/mol. The Labute approximate surface area is 161 Å². The molecule has 1 fully saturated rings. The second-order valence-corrected chi connectivity index (χ2v) is 9.06. The fourth-order valence-corrected chi connectivity index (χ4v) is 4.97. The molecular weight excluding hydrogens is 364 g/mol. The monoisotopic (exact) mass is 392 g/mol.